The maximum absolute atomic E-state index is 10.9. The van der Waals surface area contributed by atoms with E-state index < -0.39 is 6.09 Å². The number of primary amides is 1. The van der Waals surface area contributed by atoms with Crippen molar-refractivity contribution in [2.24, 2.45) is 5.73 Å². The molecule has 0 fully saturated rings. The highest BCUT2D eigenvalue weighted by atomic mass is 16.5. The van der Waals surface area contributed by atoms with Gasteiger partial charge in [0.05, 0.1) is 0 Å². The van der Waals surface area contributed by atoms with Crippen LogP contribution in [-0.4, -0.2) is 19.7 Å². The molecule has 0 spiro atoms. The van der Waals surface area contributed by atoms with Crippen LogP contribution in [0.25, 0.3) is 11.0 Å². The number of hydrogen-bond donors (Lipinski definition) is 1. The average Bonchev–Trinajstić information content (AvgIpc) is 3.13. The predicted octanol–water partition coefficient (Wildman–Crippen LogP) is 4.12. The van der Waals surface area contributed by atoms with Crippen molar-refractivity contribution >= 4 is 22.7 Å². The molecule has 1 aliphatic heterocycles. The number of benzene rings is 2. The van der Waals surface area contributed by atoms with E-state index in [2.05, 4.69) is 18.0 Å². The molecule has 1 aliphatic rings. The van der Waals surface area contributed by atoms with Crippen molar-refractivity contribution in [1.82, 2.24) is 0 Å². The number of ether oxygens (including phenoxy) is 2. The lowest BCUT2D eigenvalue weighted by atomic mass is 10.1. The molecule has 2 heterocycles. The highest BCUT2D eigenvalue weighted by molar-refractivity contribution is 5.87. The number of nitrogens with two attached hydrogens (primary N) is 1. The maximum atomic E-state index is 10.9. The van der Waals surface area contributed by atoms with Gasteiger partial charge in [-0.3, -0.25) is 0 Å². The number of nitrogens with zero attached hydrogens (tertiary/aromatic N) is 1. The van der Waals surface area contributed by atoms with Crippen molar-refractivity contribution in [2.45, 2.75) is 20.0 Å². The van der Waals surface area contributed by atoms with Crippen LogP contribution < -0.4 is 15.4 Å². The lowest BCUT2D eigenvalue weighted by Crippen LogP contribution is -2.12. The van der Waals surface area contributed by atoms with E-state index in [0.717, 1.165) is 29.7 Å². The van der Waals surface area contributed by atoms with E-state index in [4.69, 9.17) is 19.6 Å². The zero-order valence-corrected chi connectivity index (χ0v) is 14.7. The van der Waals surface area contributed by atoms with Crippen molar-refractivity contribution in [3.8, 4) is 11.5 Å². The number of rotatable bonds is 4. The minimum atomic E-state index is -0.812. The van der Waals surface area contributed by atoms with Gasteiger partial charge in [-0.2, -0.15) is 0 Å². The molecule has 2 N–H and O–H groups in total. The number of fused-ring (bicyclic) bond motifs is 2. The van der Waals surface area contributed by atoms with Gasteiger partial charge in [-0.25, -0.2) is 4.79 Å². The van der Waals surface area contributed by atoms with Gasteiger partial charge in [0.1, 0.15) is 18.1 Å². The van der Waals surface area contributed by atoms with Crippen molar-refractivity contribution in [3.63, 3.8) is 0 Å². The average molecular weight is 352 g/mol. The summed E-state index contributed by atoms with van der Waals surface area (Å²) in [5, 5.41) is 0.847. The fraction of sp³-hybridized carbons (Fsp3) is 0.250. The number of carbonyl (C=O) groups excluding carboxylic acids is 1. The Morgan fingerprint density at radius 3 is 2.96 bits per heavy atom. The van der Waals surface area contributed by atoms with Crippen LogP contribution >= 0.6 is 0 Å². The molecule has 4 rings (SSSR count). The first-order valence-electron chi connectivity index (χ1n) is 8.48. The fourth-order valence-electron chi connectivity index (χ4n) is 3.38. The van der Waals surface area contributed by atoms with E-state index in [1.165, 1.54) is 11.3 Å². The number of anilines is 1. The summed E-state index contributed by atoms with van der Waals surface area (Å²) < 4.78 is 16.9. The molecule has 6 nitrogen and oxygen atoms in total. The third kappa shape index (κ3) is 2.83. The van der Waals surface area contributed by atoms with Crippen molar-refractivity contribution in [2.75, 3.05) is 18.5 Å². The zero-order valence-electron chi connectivity index (χ0n) is 14.7. The third-order valence-corrected chi connectivity index (χ3v) is 4.76. The topological polar surface area (TPSA) is 77.9 Å². The van der Waals surface area contributed by atoms with E-state index in [0.29, 0.717) is 17.1 Å². The molecular formula is C20H20N2O4. The molecule has 0 aliphatic carbocycles. The Labute approximate surface area is 151 Å². The number of furan rings is 1. The quantitative estimate of drug-likeness (QED) is 0.764. The first-order chi connectivity index (χ1) is 12.5. The SMILES string of the molecule is Cc1oc2c(Oc3ccc4c(c3)N(C)CC4)cccc2c1COC(N)=O. The van der Waals surface area contributed by atoms with Crippen LogP contribution in [0.5, 0.6) is 11.5 Å². The van der Waals surface area contributed by atoms with Gasteiger partial charge >= 0.3 is 6.09 Å². The molecule has 0 saturated heterocycles. The van der Waals surface area contributed by atoms with Gasteiger partial charge in [-0.1, -0.05) is 18.2 Å². The number of hydrogen-bond acceptors (Lipinski definition) is 5. The Kier molecular flexibility index (Phi) is 3.95. The molecule has 0 atom stereocenters. The minimum absolute atomic E-state index is 0.0707. The first-order valence-corrected chi connectivity index (χ1v) is 8.48. The second-order valence-corrected chi connectivity index (χ2v) is 6.44. The predicted molar refractivity (Wildman–Crippen MR) is 98.8 cm³/mol. The van der Waals surface area contributed by atoms with E-state index in [9.17, 15) is 4.79 Å². The number of amides is 1. The normalized spacial score (nSPS) is 13.1. The molecule has 1 aromatic heterocycles. The molecule has 0 saturated carbocycles. The fourth-order valence-corrected chi connectivity index (χ4v) is 3.38. The molecule has 134 valence electrons. The summed E-state index contributed by atoms with van der Waals surface area (Å²) in [4.78, 5) is 13.1. The van der Waals surface area contributed by atoms with Crippen LogP contribution in [0.4, 0.5) is 10.5 Å². The minimum Gasteiger partial charge on any atom is -0.457 e. The van der Waals surface area contributed by atoms with Gasteiger partial charge in [0, 0.05) is 36.3 Å². The highest BCUT2D eigenvalue weighted by Gasteiger charge is 2.19. The molecule has 3 aromatic rings. The smallest absolute Gasteiger partial charge is 0.404 e. The van der Waals surface area contributed by atoms with E-state index in [-0.39, 0.29) is 6.61 Å². The molecular weight excluding hydrogens is 332 g/mol. The summed E-state index contributed by atoms with van der Waals surface area (Å²) in [6.07, 6.45) is 0.246. The lowest BCUT2D eigenvalue weighted by molar-refractivity contribution is 0.150. The van der Waals surface area contributed by atoms with Crippen LogP contribution in [-0.2, 0) is 17.8 Å². The molecule has 2 aromatic carbocycles. The monoisotopic (exact) mass is 352 g/mol. The standard InChI is InChI=1S/C20H20N2O4/c1-12-16(11-24-20(21)23)15-4-3-5-18(19(15)25-12)26-14-7-6-13-8-9-22(2)17(13)10-14/h3-7,10H,8-9,11H2,1-2H3,(H2,21,23). The first kappa shape index (κ1) is 16.3. The van der Waals surface area contributed by atoms with E-state index >= 15 is 0 Å². The van der Waals surface area contributed by atoms with Crippen molar-refractivity contribution in [1.29, 1.82) is 0 Å². The summed E-state index contributed by atoms with van der Waals surface area (Å²) in [6.45, 7) is 2.92. The van der Waals surface area contributed by atoms with Gasteiger partial charge in [0.25, 0.3) is 0 Å². The van der Waals surface area contributed by atoms with Crippen LogP contribution in [0.2, 0.25) is 0 Å². The number of likely N-dealkylation sites (N-methyl/N-ethyl adjacent to an activating group) is 1. The second kappa shape index (κ2) is 6.29. The Morgan fingerprint density at radius 1 is 1.31 bits per heavy atom. The molecule has 26 heavy (non-hydrogen) atoms. The molecule has 0 bridgehead atoms. The summed E-state index contributed by atoms with van der Waals surface area (Å²) in [5.74, 6) is 2.05. The van der Waals surface area contributed by atoms with Gasteiger partial charge in [-0.05, 0) is 31.0 Å². The van der Waals surface area contributed by atoms with Gasteiger partial charge in [0.15, 0.2) is 11.3 Å². The number of carbonyl (C=O) groups is 1. The van der Waals surface area contributed by atoms with Crippen molar-refractivity contribution in [3.05, 3.63) is 53.3 Å². The Morgan fingerprint density at radius 2 is 2.15 bits per heavy atom. The van der Waals surface area contributed by atoms with Crippen LogP contribution in [0, 0.1) is 6.92 Å². The van der Waals surface area contributed by atoms with Gasteiger partial charge in [0.2, 0.25) is 0 Å². The molecule has 1 amide bonds. The highest BCUT2D eigenvalue weighted by Crippen LogP contribution is 2.37. The maximum Gasteiger partial charge on any atom is 0.404 e. The zero-order chi connectivity index (χ0) is 18.3. The number of para-hydroxylation sites is 1. The van der Waals surface area contributed by atoms with E-state index in [1.807, 2.05) is 37.3 Å². The van der Waals surface area contributed by atoms with Crippen LogP contribution in [0.1, 0.15) is 16.9 Å². The number of aryl methyl sites for hydroxylation is 1. The summed E-state index contributed by atoms with van der Waals surface area (Å²) in [7, 11) is 2.08. The summed E-state index contributed by atoms with van der Waals surface area (Å²) in [6, 6.07) is 11.8. The summed E-state index contributed by atoms with van der Waals surface area (Å²) >= 11 is 0. The van der Waals surface area contributed by atoms with Gasteiger partial charge < -0.3 is 24.5 Å². The summed E-state index contributed by atoms with van der Waals surface area (Å²) in [5.41, 5.74) is 9.01. The Bertz CT molecular complexity index is 993. The lowest BCUT2D eigenvalue weighted by Gasteiger charge is -2.13. The second-order valence-electron chi connectivity index (χ2n) is 6.44. The third-order valence-electron chi connectivity index (χ3n) is 4.76. The Balaban J connectivity index is 1.68. The van der Waals surface area contributed by atoms with Crippen molar-refractivity contribution < 1.29 is 18.7 Å². The van der Waals surface area contributed by atoms with Crippen LogP contribution in [0.15, 0.2) is 40.8 Å². The van der Waals surface area contributed by atoms with E-state index in [1.54, 1.807) is 0 Å². The molecule has 6 heteroatoms. The molecule has 0 unspecified atom stereocenters. The largest absolute Gasteiger partial charge is 0.457 e. The molecule has 0 radical (unpaired) electrons. The van der Waals surface area contributed by atoms with Gasteiger partial charge in [-0.15, -0.1) is 0 Å². The Hall–Kier alpha value is -3.15. The van der Waals surface area contributed by atoms with Crippen LogP contribution in [0.3, 0.4) is 0 Å².